The fourth-order valence-electron chi connectivity index (χ4n) is 1.57. The minimum atomic E-state index is -1.38. The molecule has 0 aliphatic carbocycles. The van der Waals surface area contributed by atoms with Gasteiger partial charge in [0.2, 0.25) is 0 Å². The summed E-state index contributed by atoms with van der Waals surface area (Å²) in [4.78, 5) is 11.3. The highest BCUT2D eigenvalue weighted by atomic mass is 19.1. The fourth-order valence-corrected chi connectivity index (χ4v) is 1.57. The molecule has 0 amide bonds. The number of aliphatic hydroxyl groups excluding tert-OH is 1. The van der Waals surface area contributed by atoms with Gasteiger partial charge in [0.15, 0.2) is 0 Å². The van der Waals surface area contributed by atoms with Crippen molar-refractivity contribution in [3.63, 3.8) is 0 Å². The predicted molar refractivity (Wildman–Crippen MR) is 65.4 cm³/mol. The number of carbonyl (C=O) groups excluding carboxylic acids is 1. The van der Waals surface area contributed by atoms with Gasteiger partial charge in [0.1, 0.15) is 17.7 Å². The molecule has 0 aliphatic rings. The number of benzene rings is 1. The van der Waals surface area contributed by atoms with Crippen LogP contribution in [0.3, 0.4) is 0 Å². The molecule has 0 saturated carbocycles. The van der Waals surface area contributed by atoms with E-state index in [1.165, 1.54) is 6.07 Å². The monoisotopic (exact) mass is 273 g/mol. The van der Waals surface area contributed by atoms with Gasteiger partial charge in [-0.1, -0.05) is 6.07 Å². The van der Waals surface area contributed by atoms with Gasteiger partial charge in [-0.15, -0.1) is 0 Å². The molecular formula is C13H17F2NO3. The maximum Gasteiger partial charge on any atom is 0.322 e. The Balaban J connectivity index is 2.61. The zero-order valence-corrected chi connectivity index (χ0v) is 10.8. The van der Waals surface area contributed by atoms with E-state index in [0.29, 0.717) is 0 Å². The molecule has 2 N–H and O–H groups in total. The number of hydrogen-bond acceptors (Lipinski definition) is 4. The normalized spacial score (nSPS) is 13.9. The van der Waals surface area contributed by atoms with E-state index in [-0.39, 0.29) is 13.2 Å². The second-order valence-corrected chi connectivity index (χ2v) is 4.03. The summed E-state index contributed by atoms with van der Waals surface area (Å²) in [6.07, 6.45) is -1.38. The lowest BCUT2D eigenvalue weighted by Crippen LogP contribution is -2.38. The first-order chi connectivity index (χ1) is 8.97. The van der Waals surface area contributed by atoms with Crippen molar-refractivity contribution in [3.8, 4) is 0 Å². The van der Waals surface area contributed by atoms with Crippen LogP contribution in [0.25, 0.3) is 0 Å². The zero-order chi connectivity index (χ0) is 14.4. The zero-order valence-electron chi connectivity index (χ0n) is 10.8. The summed E-state index contributed by atoms with van der Waals surface area (Å²) in [6.45, 7) is 3.31. The quantitative estimate of drug-likeness (QED) is 0.772. The van der Waals surface area contributed by atoms with Crippen molar-refractivity contribution in [2.24, 2.45) is 0 Å². The van der Waals surface area contributed by atoms with Crippen molar-refractivity contribution in [3.05, 3.63) is 35.4 Å². The summed E-state index contributed by atoms with van der Waals surface area (Å²) in [7, 11) is 0. The van der Waals surface area contributed by atoms with Gasteiger partial charge in [-0.2, -0.15) is 0 Å². The molecule has 0 aliphatic heterocycles. The molecule has 2 atom stereocenters. The third-order valence-corrected chi connectivity index (χ3v) is 2.59. The van der Waals surface area contributed by atoms with Crippen molar-refractivity contribution in [2.45, 2.75) is 26.0 Å². The first-order valence-electron chi connectivity index (χ1n) is 5.99. The molecule has 0 saturated heterocycles. The van der Waals surface area contributed by atoms with E-state index in [4.69, 9.17) is 4.74 Å². The van der Waals surface area contributed by atoms with Gasteiger partial charge < -0.3 is 15.2 Å². The summed E-state index contributed by atoms with van der Waals surface area (Å²) in [5.74, 6) is -2.13. The number of nitrogens with one attached hydrogen (secondary N) is 1. The Morgan fingerprint density at radius 3 is 2.53 bits per heavy atom. The van der Waals surface area contributed by atoms with Gasteiger partial charge in [-0.3, -0.25) is 4.79 Å². The molecule has 1 aromatic carbocycles. The lowest BCUT2D eigenvalue weighted by molar-refractivity contribution is -0.145. The van der Waals surface area contributed by atoms with E-state index in [9.17, 15) is 18.7 Å². The second kappa shape index (κ2) is 7.16. The van der Waals surface area contributed by atoms with Crippen LogP contribution >= 0.6 is 0 Å². The van der Waals surface area contributed by atoms with Crippen LogP contribution in [0.4, 0.5) is 8.78 Å². The van der Waals surface area contributed by atoms with Crippen LogP contribution in [0.2, 0.25) is 0 Å². The molecule has 19 heavy (non-hydrogen) atoms. The molecule has 0 radical (unpaired) electrons. The van der Waals surface area contributed by atoms with Gasteiger partial charge in [-0.25, -0.2) is 8.78 Å². The van der Waals surface area contributed by atoms with E-state index in [2.05, 4.69) is 5.32 Å². The van der Waals surface area contributed by atoms with Crippen LogP contribution in [0.1, 0.15) is 25.5 Å². The highest BCUT2D eigenvalue weighted by Gasteiger charge is 2.20. The van der Waals surface area contributed by atoms with Gasteiger partial charge in [-0.05, 0) is 26.0 Å². The Hall–Kier alpha value is -1.53. The third kappa shape index (κ3) is 4.25. The molecule has 6 heteroatoms. The highest BCUT2D eigenvalue weighted by molar-refractivity contribution is 5.75. The van der Waals surface area contributed by atoms with E-state index >= 15 is 0 Å². The van der Waals surface area contributed by atoms with Crippen LogP contribution in [0, 0.1) is 11.6 Å². The summed E-state index contributed by atoms with van der Waals surface area (Å²) < 4.78 is 31.5. The average Bonchev–Trinajstić information content (AvgIpc) is 2.36. The van der Waals surface area contributed by atoms with Crippen molar-refractivity contribution in [2.75, 3.05) is 13.2 Å². The van der Waals surface area contributed by atoms with Gasteiger partial charge in [0.05, 0.1) is 18.3 Å². The third-order valence-electron chi connectivity index (χ3n) is 2.59. The molecule has 0 spiro atoms. The van der Waals surface area contributed by atoms with E-state index in [1.807, 2.05) is 0 Å². The number of ether oxygens (including phenoxy) is 1. The van der Waals surface area contributed by atoms with Crippen molar-refractivity contribution in [1.82, 2.24) is 5.32 Å². The summed E-state index contributed by atoms with van der Waals surface area (Å²) in [5, 5.41) is 12.4. The highest BCUT2D eigenvalue weighted by Crippen LogP contribution is 2.19. The first-order valence-corrected chi connectivity index (χ1v) is 5.99. The molecule has 2 unspecified atom stereocenters. The molecule has 0 heterocycles. The van der Waals surface area contributed by atoms with Crippen molar-refractivity contribution in [1.29, 1.82) is 0 Å². The Kier molecular flexibility index (Phi) is 5.85. The molecule has 106 valence electrons. The number of hydrogen-bond donors (Lipinski definition) is 2. The van der Waals surface area contributed by atoms with E-state index in [1.54, 1.807) is 13.8 Å². The molecule has 1 aromatic rings. The topological polar surface area (TPSA) is 58.6 Å². The lowest BCUT2D eigenvalue weighted by Gasteiger charge is -2.17. The Labute approximate surface area is 110 Å². The Morgan fingerprint density at radius 1 is 1.42 bits per heavy atom. The van der Waals surface area contributed by atoms with E-state index in [0.717, 1.165) is 12.1 Å². The Morgan fingerprint density at radius 2 is 2.00 bits per heavy atom. The Bertz CT molecular complexity index is 420. The van der Waals surface area contributed by atoms with Crippen LogP contribution in [-0.4, -0.2) is 30.3 Å². The van der Waals surface area contributed by atoms with Crippen LogP contribution in [0.15, 0.2) is 18.2 Å². The minimum absolute atomic E-state index is 0.155. The van der Waals surface area contributed by atoms with Crippen LogP contribution in [0.5, 0.6) is 0 Å². The van der Waals surface area contributed by atoms with Crippen LogP contribution < -0.4 is 5.32 Å². The molecular weight excluding hydrogens is 256 g/mol. The van der Waals surface area contributed by atoms with Gasteiger partial charge in [0, 0.05) is 6.54 Å². The minimum Gasteiger partial charge on any atom is -0.465 e. The van der Waals surface area contributed by atoms with Crippen LogP contribution in [-0.2, 0) is 9.53 Å². The maximum atomic E-state index is 13.4. The molecule has 0 fully saturated rings. The number of carbonyl (C=O) groups is 1. The van der Waals surface area contributed by atoms with E-state index < -0.39 is 35.3 Å². The maximum absolute atomic E-state index is 13.4. The molecule has 1 rings (SSSR count). The second-order valence-electron chi connectivity index (χ2n) is 4.03. The van der Waals surface area contributed by atoms with Crippen molar-refractivity contribution >= 4 is 5.97 Å². The summed E-state index contributed by atoms with van der Waals surface area (Å²) in [5.41, 5.74) is -0.411. The number of esters is 1. The molecule has 0 aromatic heterocycles. The number of halogens is 2. The summed E-state index contributed by atoms with van der Waals surface area (Å²) >= 11 is 0. The average molecular weight is 273 g/mol. The molecule has 4 nitrogen and oxygen atoms in total. The number of rotatable bonds is 6. The standard InChI is InChI=1S/C13H17F2NO3/c1-3-19-13(18)8(2)16-7-11(17)12-9(14)5-4-6-10(12)15/h4-6,8,11,16-17H,3,7H2,1-2H3. The first kappa shape index (κ1) is 15.5. The summed E-state index contributed by atoms with van der Waals surface area (Å²) in [6, 6.07) is 2.69. The van der Waals surface area contributed by atoms with Crippen molar-refractivity contribution < 1.29 is 23.4 Å². The lowest BCUT2D eigenvalue weighted by atomic mass is 10.1. The molecule has 0 bridgehead atoms. The van der Waals surface area contributed by atoms with Gasteiger partial charge >= 0.3 is 5.97 Å². The predicted octanol–water partition coefficient (Wildman–Crippen LogP) is 1.54. The SMILES string of the molecule is CCOC(=O)C(C)NCC(O)c1c(F)cccc1F. The largest absolute Gasteiger partial charge is 0.465 e. The fraction of sp³-hybridized carbons (Fsp3) is 0.462. The number of aliphatic hydroxyl groups is 1. The van der Waals surface area contributed by atoms with Gasteiger partial charge in [0.25, 0.3) is 0 Å². The smallest absolute Gasteiger partial charge is 0.322 e.